The van der Waals surface area contributed by atoms with Crippen LogP contribution in [0.5, 0.6) is 0 Å². The van der Waals surface area contributed by atoms with Crippen LogP contribution in [0.25, 0.3) is 0 Å². The third-order valence-electron chi connectivity index (χ3n) is 33.8. The molecule has 9 fully saturated rings. The topological polar surface area (TPSA) is 173 Å². The fourth-order valence-electron chi connectivity index (χ4n) is 26.6. The normalized spacial score (nSPS) is 42.6. The van der Waals surface area contributed by atoms with Crippen LogP contribution in [0.15, 0.2) is 34.9 Å². The first kappa shape index (κ1) is 92.1. The Balaban J connectivity index is 0.000000239. The van der Waals surface area contributed by atoms with Crippen LogP contribution in [-0.2, 0) is 14.4 Å². The van der Waals surface area contributed by atoms with Gasteiger partial charge in [0.2, 0.25) is 0 Å². The van der Waals surface area contributed by atoms with Gasteiger partial charge >= 0.3 is 0 Å². The Labute approximate surface area is 648 Å². The van der Waals surface area contributed by atoms with Crippen molar-refractivity contribution in [2.24, 2.45) is 138 Å². The zero-order valence-electron chi connectivity index (χ0n) is 69.0. The zero-order chi connectivity index (χ0) is 75.9. The quantitative estimate of drug-likeness (QED) is 0.0867. The van der Waals surface area contributed by atoms with Crippen molar-refractivity contribution in [3.8, 4) is 0 Å². The first-order valence-electron chi connectivity index (χ1n) is 42.2. The van der Waals surface area contributed by atoms with Crippen molar-refractivity contribution in [3.05, 3.63) is 34.9 Å². The molecule has 0 saturated heterocycles. The summed E-state index contributed by atoms with van der Waals surface area (Å²) in [7, 11) is 0. The minimum atomic E-state index is -0.573. The Morgan fingerprint density at radius 3 is 0.829 bits per heavy atom. The van der Waals surface area contributed by atoms with E-state index in [1.54, 1.807) is 0 Å². The SMILES string of the molecule is C.C.C.CC[C@]1(O)CC[C@@]2(C)C(=CC[C@H]3[C@@H]4CC[C@H]([C@H](C)CCC(O)C(C)(C)C)[C@@]4(C)CC(=O)[C@@H]32)C1.CC[C@]1(O)CC[C@@]2(C)C(=CC[C@H]3[C@@H]4CC[C@H]([C@H](C)CC[C@@H](O)C(C)(C)C)[C@@]4(C)CC(=O)[C@@H]32)C1.CC[C@]1(O)CC[C@@]2(C)C(=CC[C@H]3[C@@H]4CC[C@H]([C@H](C)CC[C@H](O)C(C)(C)C)[C@@]4(C)CC(=O)[C@@H]32)C1.CSF. The molecule has 0 amide bonds. The first-order valence-corrected chi connectivity index (χ1v) is 43.3. The minimum absolute atomic E-state index is 0. The summed E-state index contributed by atoms with van der Waals surface area (Å²) in [4.78, 5) is 41.7. The number of hydrogen-bond acceptors (Lipinski definition) is 10. The Kier molecular flexibility index (Phi) is 29.6. The maximum absolute atomic E-state index is 13.9. The van der Waals surface area contributed by atoms with Gasteiger partial charge in [-0.15, -0.1) is 0 Å². The zero-order valence-corrected chi connectivity index (χ0v) is 69.8. The summed E-state index contributed by atoms with van der Waals surface area (Å²) in [6.45, 7) is 46.8. The number of ketones is 3. The highest BCUT2D eigenvalue weighted by Crippen LogP contribution is 2.71. The molecular formula is C94H165FO9S. The summed E-state index contributed by atoms with van der Waals surface area (Å²) in [5.74, 6) is 8.59. The van der Waals surface area contributed by atoms with Crippen LogP contribution in [0.3, 0.4) is 0 Å². The Morgan fingerprint density at radius 1 is 0.410 bits per heavy atom. The lowest BCUT2D eigenvalue weighted by molar-refractivity contribution is -0.148. The Bertz CT molecular complexity index is 2730. The smallest absolute Gasteiger partial charge is 0.137 e. The van der Waals surface area contributed by atoms with Crippen molar-refractivity contribution >= 4 is 29.5 Å². The van der Waals surface area contributed by atoms with E-state index in [2.05, 4.69) is 164 Å². The molecule has 6 N–H and O–H groups in total. The number of fused-ring (bicyclic) bond motifs is 15. The van der Waals surface area contributed by atoms with Crippen LogP contribution in [0.2, 0.25) is 0 Å². The maximum Gasteiger partial charge on any atom is 0.137 e. The third-order valence-corrected chi connectivity index (χ3v) is 33.8. The molecule has 12 aliphatic rings. The summed E-state index contributed by atoms with van der Waals surface area (Å²) in [5, 5.41) is 64.7. The van der Waals surface area contributed by atoms with E-state index in [1.807, 2.05) is 0 Å². The van der Waals surface area contributed by atoms with Gasteiger partial charge in [0.1, 0.15) is 17.3 Å². The van der Waals surface area contributed by atoms with E-state index < -0.39 is 16.8 Å². The van der Waals surface area contributed by atoms with Crippen molar-refractivity contribution < 1.29 is 48.9 Å². The maximum atomic E-state index is 13.9. The standard InChI is InChI=1S/3C30H50O3.CH3FS.3CH4/c3*1-8-30(33)16-15-28(6)20(17-30)10-11-21-23-13-12-22(29(23,7)18-24(31)26(21)28)19(2)9-14-25(32)27(3,4)5;1-3-2;;;/h3*10,19,21-23,25-26,32-33H,8-9,11-18H2,1-7H3;1H3;3*1H4/t19-,21+,22-,23+,25?,26-,28+,29-,30+;19-,21+,22-,23+,25+,26-,28+,29-,30+;19-,21+,22-,23+,25-,26-,28+,29-,30+;;;;/m111..../s1. The summed E-state index contributed by atoms with van der Waals surface area (Å²) in [6, 6.07) is 0. The lowest BCUT2D eigenvalue weighted by Crippen LogP contribution is -2.56. The van der Waals surface area contributed by atoms with Crippen LogP contribution in [0.4, 0.5) is 3.89 Å². The monoisotopic (exact) mass is 1490 g/mol. The van der Waals surface area contributed by atoms with E-state index in [-0.39, 0.29) is 119 Å². The number of aliphatic hydroxyl groups is 6. The summed E-state index contributed by atoms with van der Waals surface area (Å²) in [5.41, 5.74) is 2.34. The van der Waals surface area contributed by atoms with Gasteiger partial charge < -0.3 is 30.6 Å². The highest BCUT2D eigenvalue weighted by Gasteiger charge is 2.67. The largest absolute Gasteiger partial charge is 0.393 e. The molecule has 0 aromatic rings. The van der Waals surface area contributed by atoms with Crippen LogP contribution in [-0.4, -0.2) is 89.4 Å². The molecule has 9 saturated carbocycles. The molecule has 1 unspecified atom stereocenters. The fraction of sp³-hybridized carbons (Fsp3) is 0.904. The van der Waals surface area contributed by atoms with Gasteiger partial charge in [-0.05, 0) is 293 Å². The van der Waals surface area contributed by atoms with E-state index >= 15 is 0 Å². The van der Waals surface area contributed by atoms with E-state index in [0.717, 1.165) is 154 Å². The molecule has 105 heavy (non-hydrogen) atoms. The second kappa shape index (κ2) is 33.8. The highest BCUT2D eigenvalue weighted by molar-refractivity contribution is 7.93. The molecule has 12 aliphatic carbocycles. The van der Waals surface area contributed by atoms with Gasteiger partial charge in [-0.3, -0.25) is 14.4 Å². The Morgan fingerprint density at radius 2 is 0.629 bits per heavy atom. The summed E-state index contributed by atoms with van der Waals surface area (Å²) >= 11 is 0.250. The van der Waals surface area contributed by atoms with Gasteiger partial charge in [0.05, 0.1) is 35.1 Å². The molecule has 9 nitrogen and oxygen atoms in total. The molecule has 0 aliphatic heterocycles. The molecule has 12 rings (SSSR count). The molecule has 608 valence electrons. The number of allylic oxidation sites excluding steroid dienone is 3. The molecule has 0 radical (unpaired) electrons. The number of halogens is 1. The highest BCUT2D eigenvalue weighted by atomic mass is 32.2. The Hall–Kier alpha value is -1.73. The number of aliphatic hydroxyl groups excluding tert-OH is 3. The van der Waals surface area contributed by atoms with Crippen molar-refractivity contribution in [1.29, 1.82) is 0 Å². The second-order valence-electron chi connectivity index (χ2n) is 42.6. The fourth-order valence-corrected chi connectivity index (χ4v) is 26.6. The van der Waals surface area contributed by atoms with Crippen LogP contribution in [0, 0.1) is 138 Å². The average molecular weight is 1490 g/mol. The lowest BCUT2D eigenvalue weighted by Gasteiger charge is -2.58. The van der Waals surface area contributed by atoms with E-state index in [1.165, 1.54) is 61.5 Å². The molecular weight excluding hydrogens is 1320 g/mol. The third kappa shape index (κ3) is 17.7. The molecule has 0 bridgehead atoms. The van der Waals surface area contributed by atoms with Gasteiger partial charge in [-0.25, -0.2) is 0 Å². The van der Waals surface area contributed by atoms with Crippen molar-refractivity contribution in [2.75, 3.05) is 6.26 Å². The van der Waals surface area contributed by atoms with Gasteiger partial charge in [-0.2, -0.15) is 3.89 Å². The van der Waals surface area contributed by atoms with Crippen LogP contribution >= 0.6 is 12.1 Å². The van der Waals surface area contributed by atoms with Crippen molar-refractivity contribution in [1.82, 2.24) is 0 Å². The number of hydrogen-bond donors (Lipinski definition) is 6. The lowest BCUT2D eigenvalue weighted by atomic mass is 9.45. The molecule has 0 aromatic carbocycles. The number of carbonyl (C=O) groups is 3. The van der Waals surface area contributed by atoms with E-state index in [0.29, 0.717) is 88.4 Å². The van der Waals surface area contributed by atoms with E-state index in [4.69, 9.17) is 0 Å². The van der Waals surface area contributed by atoms with Gasteiger partial charge in [-0.1, -0.05) is 203 Å². The first-order chi connectivity index (χ1) is 47.2. The summed E-state index contributed by atoms with van der Waals surface area (Å²) in [6.07, 6.45) is 36.3. The van der Waals surface area contributed by atoms with Gasteiger partial charge in [0, 0.05) is 55.4 Å². The second-order valence-corrected chi connectivity index (χ2v) is 42.9. The van der Waals surface area contributed by atoms with Crippen molar-refractivity contribution in [2.45, 2.75) is 395 Å². The van der Waals surface area contributed by atoms with Crippen LogP contribution < -0.4 is 0 Å². The molecule has 0 aromatic heterocycles. The molecule has 27 atom stereocenters. The average Bonchev–Trinajstić information content (AvgIpc) is 1.70. The predicted octanol–water partition coefficient (Wildman–Crippen LogP) is 23.3. The number of rotatable bonds is 15. The minimum Gasteiger partial charge on any atom is -0.393 e. The number of carbonyl (C=O) groups excluding carboxylic acids is 3. The molecule has 0 spiro atoms. The predicted molar refractivity (Wildman–Crippen MR) is 439 cm³/mol. The van der Waals surface area contributed by atoms with Crippen LogP contribution in [0.1, 0.15) is 360 Å². The molecule has 11 heteroatoms. The van der Waals surface area contributed by atoms with Gasteiger partial charge in [0.15, 0.2) is 0 Å². The number of Topliss-reactive ketones (excluding diaryl/α,β-unsaturated/α-hetero) is 3. The van der Waals surface area contributed by atoms with Gasteiger partial charge in [0.25, 0.3) is 0 Å². The van der Waals surface area contributed by atoms with Crippen molar-refractivity contribution in [3.63, 3.8) is 0 Å². The van der Waals surface area contributed by atoms with E-state index in [9.17, 15) is 48.9 Å². The summed E-state index contributed by atoms with van der Waals surface area (Å²) < 4.78 is 10.2. The molecule has 0 heterocycles.